The molecule has 0 aliphatic carbocycles. The molecule has 1 amide bonds. The summed E-state index contributed by atoms with van der Waals surface area (Å²) in [5, 5.41) is 10.3. The minimum Gasteiger partial charge on any atom is -0.423 e. The zero-order valence-corrected chi connectivity index (χ0v) is 18.0. The monoisotopic (exact) mass is 428 g/mol. The molecule has 0 N–H and O–H groups in total. The van der Waals surface area contributed by atoms with Crippen molar-refractivity contribution in [3.8, 4) is 0 Å². The molecule has 30 heavy (non-hydrogen) atoms. The Hall–Kier alpha value is -2.58. The molecule has 3 heterocycles. The van der Waals surface area contributed by atoms with Gasteiger partial charge in [0.25, 0.3) is 0 Å². The fraction of sp³-hybridized carbons (Fsp3) is 0.409. The fourth-order valence-electron chi connectivity index (χ4n) is 4.22. The van der Waals surface area contributed by atoms with Crippen molar-refractivity contribution in [3.63, 3.8) is 0 Å². The van der Waals surface area contributed by atoms with Crippen LogP contribution in [0.25, 0.3) is 0 Å². The van der Waals surface area contributed by atoms with Crippen molar-refractivity contribution < 1.29 is 13.6 Å². The molecule has 0 atom stereocenters. The van der Waals surface area contributed by atoms with Crippen LogP contribution in [0.2, 0.25) is 0 Å². The van der Waals surface area contributed by atoms with Gasteiger partial charge in [-0.15, -0.1) is 21.5 Å². The Kier molecular flexibility index (Phi) is 5.97. The largest absolute Gasteiger partial charge is 0.423 e. The summed E-state index contributed by atoms with van der Waals surface area (Å²) in [5.41, 5.74) is -0.623. The van der Waals surface area contributed by atoms with Crippen molar-refractivity contribution in [1.82, 2.24) is 15.1 Å². The minimum atomic E-state index is -0.866. The van der Waals surface area contributed by atoms with E-state index in [1.807, 2.05) is 0 Å². The topological polar surface area (TPSA) is 62.5 Å². The molecule has 2 aromatic heterocycles. The van der Waals surface area contributed by atoms with Crippen LogP contribution in [0.1, 0.15) is 36.4 Å². The lowest BCUT2D eigenvalue weighted by Crippen LogP contribution is -2.56. The number of carbonyl (C=O) groups excluding carboxylic acids is 1. The third-order valence-corrected chi connectivity index (χ3v) is 6.63. The van der Waals surface area contributed by atoms with Crippen LogP contribution >= 0.6 is 11.3 Å². The molecule has 0 unspecified atom stereocenters. The van der Waals surface area contributed by atoms with Gasteiger partial charge < -0.3 is 9.32 Å². The van der Waals surface area contributed by atoms with Gasteiger partial charge in [-0.25, -0.2) is 4.39 Å². The maximum absolute atomic E-state index is 14.7. The third kappa shape index (κ3) is 4.02. The number of para-hydroxylation sites is 1. The van der Waals surface area contributed by atoms with Crippen LogP contribution in [0, 0.1) is 12.7 Å². The summed E-state index contributed by atoms with van der Waals surface area (Å²) in [6, 6.07) is 10.6. The van der Waals surface area contributed by atoms with Crippen LogP contribution in [0.4, 0.5) is 10.1 Å². The normalized spacial score (nSPS) is 16.5. The number of rotatable bonds is 6. The quantitative estimate of drug-likeness (QED) is 0.590. The zero-order valence-electron chi connectivity index (χ0n) is 17.2. The molecule has 0 bridgehead atoms. The Labute approximate surface area is 179 Å². The first-order valence-electron chi connectivity index (χ1n) is 10.1. The van der Waals surface area contributed by atoms with E-state index in [2.05, 4.69) is 32.6 Å². The first-order valence-corrected chi connectivity index (χ1v) is 11.0. The van der Waals surface area contributed by atoms with Crippen molar-refractivity contribution in [2.24, 2.45) is 0 Å². The summed E-state index contributed by atoms with van der Waals surface area (Å²) in [6.45, 7) is 5.64. The lowest BCUT2D eigenvalue weighted by atomic mass is 9.84. The smallest absolute Gasteiger partial charge is 0.242 e. The van der Waals surface area contributed by atoms with Gasteiger partial charge >= 0.3 is 0 Å². The van der Waals surface area contributed by atoms with Crippen molar-refractivity contribution in [2.75, 3.05) is 24.5 Å². The zero-order chi connectivity index (χ0) is 21.1. The summed E-state index contributed by atoms with van der Waals surface area (Å²) in [5.74, 6) is 0.115. The molecule has 1 saturated heterocycles. The number of carbonyl (C=O) groups is 1. The number of hydrogen-bond donors (Lipinski definition) is 0. The Morgan fingerprint density at radius 2 is 2.00 bits per heavy atom. The maximum Gasteiger partial charge on any atom is 0.242 e. The van der Waals surface area contributed by atoms with Crippen molar-refractivity contribution >= 4 is 22.9 Å². The summed E-state index contributed by atoms with van der Waals surface area (Å²) < 4.78 is 20.5. The van der Waals surface area contributed by atoms with Gasteiger partial charge in [-0.3, -0.25) is 9.69 Å². The average molecular weight is 429 g/mol. The number of anilines is 1. The first kappa shape index (κ1) is 20.7. The number of amides is 1. The van der Waals surface area contributed by atoms with Crippen LogP contribution in [-0.4, -0.2) is 40.6 Å². The number of likely N-dealkylation sites (tertiary alicyclic amines) is 1. The van der Waals surface area contributed by atoms with E-state index in [4.69, 9.17) is 4.42 Å². The van der Waals surface area contributed by atoms with Gasteiger partial charge in [0.2, 0.25) is 17.7 Å². The van der Waals surface area contributed by atoms with Gasteiger partial charge in [0.05, 0.1) is 5.69 Å². The molecule has 1 aliphatic rings. The van der Waals surface area contributed by atoms with E-state index >= 15 is 0 Å². The van der Waals surface area contributed by atoms with Crippen LogP contribution in [-0.2, 0) is 16.8 Å². The molecular weight excluding hydrogens is 403 g/mol. The highest BCUT2D eigenvalue weighted by molar-refractivity contribution is 7.09. The van der Waals surface area contributed by atoms with Crippen molar-refractivity contribution in [2.45, 2.75) is 38.6 Å². The Bertz CT molecular complexity index is 996. The fourth-order valence-corrected chi connectivity index (χ4v) is 4.92. The van der Waals surface area contributed by atoms with E-state index in [9.17, 15) is 9.18 Å². The van der Waals surface area contributed by atoms with Gasteiger partial charge in [0, 0.05) is 38.4 Å². The molecule has 158 valence electrons. The molecule has 6 nitrogen and oxygen atoms in total. The van der Waals surface area contributed by atoms with Crippen LogP contribution in [0.5, 0.6) is 0 Å². The number of nitrogens with zero attached hydrogens (tertiary/aromatic N) is 4. The minimum absolute atomic E-state index is 0.243. The summed E-state index contributed by atoms with van der Waals surface area (Å²) >= 11 is 1.76. The van der Waals surface area contributed by atoms with Crippen LogP contribution in [0.3, 0.4) is 0 Å². The van der Waals surface area contributed by atoms with Gasteiger partial charge in [-0.1, -0.05) is 18.2 Å². The highest BCUT2D eigenvalue weighted by Crippen LogP contribution is 2.42. The molecule has 8 heteroatoms. The molecule has 1 aromatic carbocycles. The average Bonchev–Trinajstić information content (AvgIpc) is 3.41. The van der Waals surface area contributed by atoms with Gasteiger partial charge in [0.15, 0.2) is 0 Å². The molecule has 4 rings (SSSR count). The molecule has 0 radical (unpaired) electrons. The first-order chi connectivity index (χ1) is 14.5. The SMILES string of the molecule is CC(=O)N(c1ccccc1F)C1(c2nnc(C)o2)CCN(CCc2cccs2)CC1. The van der Waals surface area contributed by atoms with Gasteiger partial charge in [-0.05, 0) is 42.8 Å². The molecule has 1 aliphatic heterocycles. The number of hydrogen-bond acceptors (Lipinski definition) is 6. The number of halogens is 1. The molecule has 0 saturated carbocycles. The molecule has 3 aromatic rings. The van der Waals surface area contributed by atoms with Crippen molar-refractivity contribution in [1.29, 1.82) is 0 Å². The number of benzene rings is 1. The highest BCUT2D eigenvalue weighted by Gasteiger charge is 2.48. The maximum atomic E-state index is 14.7. The Morgan fingerprint density at radius 3 is 2.60 bits per heavy atom. The summed E-state index contributed by atoms with van der Waals surface area (Å²) in [7, 11) is 0. The second-order valence-corrected chi connectivity index (χ2v) is 8.67. The second kappa shape index (κ2) is 8.65. The van der Waals surface area contributed by atoms with E-state index in [-0.39, 0.29) is 11.6 Å². The predicted molar refractivity (Wildman–Crippen MR) is 114 cm³/mol. The summed E-state index contributed by atoms with van der Waals surface area (Å²) in [4.78, 5) is 18.1. The number of thiophene rings is 1. The van der Waals surface area contributed by atoms with E-state index < -0.39 is 11.4 Å². The van der Waals surface area contributed by atoms with Gasteiger partial charge in [0.1, 0.15) is 11.4 Å². The van der Waals surface area contributed by atoms with E-state index in [1.54, 1.807) is 36.5 Å². The number of piperidine rings is 1. The van der Waals surface area contributed by atoms with E-state index in [1.165, 1.54) is 22.8 Å². The number of aromatic nitrogens is 2. The van der Waals surface area contributed by atoms with Crippen molar-refractivity contribution in [3.05, 3.63) is 64.3 Å². The lowest BCUT2D eigenvalue weighted by molar-refractivity contribution is -0.118. The second-order valence-electron chi connectivity index (χ2n) is 7.63. The van der Waals surface area contributed by atoms with Gasteiger partial charge in [-0.2, -0.15) is 0 Å². The third-order valence-electron chi connectivity index (χ3n) is 5.70. The Morgan fingerprint density at radius 1 is 1.23 bits per heavy atom. The van der Waals surface area contributed by atoms with E-state index in [0.29, 0.717) is 24.6 Å². The molecule has 0 spiro atoms. The Balaban J connectivity index is 1.63. The van der Waals surface area contributed by atoms with Crippen LogP contribution < -0.4 is 4.90 Å². The van der Waals surface area contributed by atoms with E-state index in [0.717, 1.165) is 26.1 Å². The lowest BCUT2D eigenvalue weighted by Gasteiger charge is -2.46. The van der Waals surface area contributed by atoms with Crippen LogP contribution in [0.15, 0.2) is 46.2 Å². The highest BCUT2D eigenvalue weighted by atomic mass is 32.1. The number of aryl methyl sites for hydroxylation is 1. The molecular formula is C22H25FN4O2S. The summed E-state index contributed by atoms with van der Waals surface area (Å²) in [6.07, 6.45) is 2.17. The standard InChI is InChI=1S/C22H25FN4O2S/c1-16-24-25-21(29-16)22(27(17(2)28)20-8-4-3-7-19(20)23)10-13-26(14-11-22)12-9-18-6-5-15-30-18/h3-8,15H,9-14H2,1-2H3. The predicted octanol–water partition coefficient (Wildman–Crippen LogP) is 4.17. The molecule has 1 fully saturated rings.